The van der Waals surface area contributed by atoms with Crippen LogP contribution in [0, 0.1) is 0 Å². The summed E-state index contributed by atoms with van der Waals surface area (Å²) in [4.78, 5) is 26.1. The first-order valence-corrected chi connectivity index (χ1v) is 6.24. The van der Waals surface area contributed by atoms with E-state index in [9.17, 15) is 9.59 Å². The third-order valence-electron chi connectivity index (χ3n) is 3.34. The first-order chi connectivity index (χ1) is 8.04. The highest BCUT2D eigenvalue weighted by molar-refractivity contribution is 5.93. The number of piperidine rings is 1. The molecule has 0 spiro atoms. The van der Waals surface area contributed by atoms with Gasteiger partial charge in [0.25, 0.3) is 0 Å². The van der Waals surface area contributed by atoms with Gasteiger partial charge in [-0.3, -0.25) is 9.59 Å². The second-order valence-corrected chi connectivity index (χ2v) is 4.65. The maximum Gasteiger partial charge on any atom is 0.312 e. The van der Waals surface area contributed by atoms with Crippen LogP contribution in [-0.4, -0.2) is 59.5 Å². The molecule has 0 radical (unpaired) electrons. The Balaban J connectivity index is 2.37. The largest absolute Gasteiger partial charge is 0.481 e. The van der Waals surface area contributed by atoms with Gasteiger partial charge in [-0.1, -0.05) is 6.92 Å². The molecule has 1 fully saturated rings. The zero-order valence-corrected chi connectivity index (χ0v) is 10.7. The fourth-order valence-electron chi connectivity index (χ4n) is 2.30. The quantitative estimate of drug-likeness (QED) is 0.724. The minimum Gasteiger partial charge on any atom is -0.481 e. The van der Waals surface area contributed by atoms with Gasteiger partial charge in [0.2, 0.25) is 5.91 Å². The number of carbonyl (C=O) groups is 2. The lowest BCUT2D eigenvalue weighted by atomic mass is 10.0. The Morgan fingerprint density at radius 3 is 2.41 bits per heavy atom. The van der Waals surface area contributed by atoms with Gasteiger partial charge in [0, 0.05) is 26.2 Å². The second kappa shape index (κ2) is 6.59. The lowest BCUT2D eigenvalue weighted by molar-refractivity contribution is -0.144. The summed E-state index contributed by atoms with van der Waals surface area (Å²) in [5.74, 6) is -1.34. The molecule has 98 valence electrons. The average molecular weight is 242 g/mol. The van der Waals surface area contributed by atoms with Gasteiger partial charge in [0.1, 0.15) is 6.42 Å². The number of nitrogens with zero attached hydrogens (tertiary/aromatic N) is 2. The zero-order valence-electron chi connectivity index (χ0n) is 10.7. The number of amides is 1. The lowest BCUT2D eigenvalue weighted by Gasteiger charge is -2.36. The average Bonchev–Trinajstić information content (AvgIpc) is 2.28. The van der Waals surface area contributed by atoms with Crippen LogP contribution in [0.4, 0.5) is 0 Å². The Hall–Kier alpha value is -1.10. The molecule has 0 aromatic heterocycles. The van der Waals surface area contributed by atoms with Gasteiger partial charge in [-0.25, -0.2) is 0 Å². The Morgan fingerprint density at radius 2 is 1.94 bits per heavy atom. The summed E-state index contributed by atoms with van der Waals surface area (Å²) in [6, 6.07) is 0.204. The van der Waals surface area contributed by atoms with Crippen LogP contribution in [0.15, 0.2) is 0 Å². The molecule has 0 saturated carbocycles. The van der Waals surface area contributed by atoms with E-state index in [1.54, 1.807) is 11.9 Å². The van der Waals surface area contributed by atoms with Crippen molar-refractivity contribution in [2.24, 2.45) is 0 Å². The van der Waals surface area contributed by atoms with Gasteiger partial charge in [-0.2, -0.15) is 0 Å². The molecule has 5 heteroatoms. The molecule has 0 aliphatic carbocycles. The summed E-state index contributed by atoms with van der Waals surface area (Å²) >= 11 is 0. The van der Waals surface area contributed by atoms with Crippen molar-refractivity contribution in [1.82, 2.24) is 9.80 Å². The molecule has 0 bridgehead atoms. The Kier molecular flexibility index (Phi) is 5.41. The van der Waals surface area contributed by atoms with Gasteiger partial charge in [-0.15, -0.1) is 0 Å². The van der Waals surface area contributed by atoms with Crippen LogP contribution in [0.25, 0.3) is 0 Å². The summed E-state index contributed by atoms with van der Waals surface area (Å²) in [6.07, 6.45) is 2.65. The molecule has 1 amide bonds. The summed E-state index contributed by atoms with van der Waals surface area (Å²) in [7, 11) is 1.71. The van der Waals surface area contributed by atoms with Crippen molar-refractivity contribution in [3.05, 3.63) is 0 Å². The van der Waals surface area contributed by atoms with Crippen LogP contribution >= 0.6 is 0 Å². The van der Waals surface area contributed by atoms with Crippen molar-refractivity contribution in [3.8, 4) is 0 Å². The second-order valence-electron chi connectivity index (χ2n) is 4.65. The number of carboxylic acid groups (broad SMARTS) is 1. The Bertz CT molecular complexity index is 273. The van der Waals surface area contributed by atoms with E-state index in [0.29, 0.717) is 0 Å². The Labute approximate surface area is 102 Å². The molecule has 1 heterocycles. The highest BCUT2D eigenvalue weighted by Crippen LogP contribution is 2.16. The standard InChI is InChI=1S/C12H22N2O3/c1-3-6-14-7-4-10(5-8-14)13(2)11(15)9-12(16)17/h10H,3-9H2,1-2H3,(H,16,17). The van der Waals surface area contributed by atoms with Gasteiger partial charge in [0.15, 0.2) is 0 Å². The molecule has 1 aliphatic heterocycles. The van der Waals surface area contributed by atoms with Gasteiger partial charge in [0.05, 0.1) is 0 Å². The first kappa shape index (κ1) is 14.0. The van der Waals surface area contributed by atoms with E-state index in [2.05, 4.69) is 11.8 Å². The highest BCUT2D eigenvalue weighted by atomic mass is 16.4. The summed E-state index contributed by atoms with van der Waals surface area (Å²) in [5.41, 5.74) is 0. The third-order valence-corrected chi connectivity index (χ3v) is 3.34. The zero-order chi connectivity index (χ0) is 12.8. The minimum absolute atomic E-state index is 0.204. The number of carbonyl (C=O) groups excluding carboxylic acids is 1. The van der Waals surface area contributed by atoms with Crippen molar-refractivity contribution >= 4 is 11.9 Å². The van der Waals surface area contributed by atoms with Crippen molar-refractivity contribution in [3.63, 3.8) is 0 Å². The SMILES string of the molecule is CCCN1CCC(N(C)C(=O)CC(=O)O)CC1. The fraction of sp³-hybridized carbons (Fsp3) is 0.833. The number of carboxylic acids is 1. The van der Waals surface area contributed by atoms with E-state index >= 15 is 0 Å². The van der Waals surface area contributed by atoms with E-state index < -0.39 is 12.4 Å². The topological polar surface area (TPSA) is 60.9 Å². The highest BCUT2D eigenvalue weighted by Gasteiger charge is 2.25. The summed E-state index contributed by atoms with van der Waals surface area (Å²) in [6.45, 7) is 5.28. The van der Waals surface area contributed by atoms with Crippen molar-refractivity contribution < 1.29 is 14.7 Å². The van der Waals surface area contributed by atoms with Crippen molar-refractivity contribution in [1.29, 1.82) is 0 Å². The van der Waals surface area contributed by atoms with Gasteiger partial charge < -0.3 is 14.9 Å². The molecule has 17 heavy (non-hydrogen) atoms. The predicted octanol–water partition coefficient (Wildman–Crippen LogP) is 0.794. The van der Waals surface area contributed by atoms with Crippen LogP contribution in [0.1, 0.15) is 32.6 Å². The summed E-state index contributed by atoms with van der Waals surface area (Å²) in [5, 5.41) is 8.59. The number of hydrogen-bond donors (Lipinski definition) is 1. The molecule has 1 saturated heterocycles. The molecule has 0 aromatic rings. The third kappa shape index (κ3) is 4.34. The number of rotatable bonds is 5. The number of likely N-dealkylation sites (tertiary alicyclic amines) is 1. The molecule has 1 rings (SSSR count). The fourth-order valence-corrected chi connectivity index (χ4v) is 2.30. The van der Waals surface area contributed by atoms with Crippen molar-refractivity contribution in [2.75, 3.05) is 26.7 Å². The number of aliphatic carboxylic acids is 1. The first-order valence-electron chi connectivity index (χ1n) is 6.24. The molecule has 1 aliphatic rings. The normalized spacial score (nSPS) is 18.0. The summed E-state index contributed by atoms with van der Waals surface area (Å²) < 4.78 is 0. The maximum atomic E-state index is 11.6. The molecule has 1 N–H and O–H groups in total. The molecular weight excluding hydrogens is 220 g/mol. The smallest absolute Gasteiger partial charge is 0.312 e. The van der Waals surface area contributed by atoms with Gasteiger partial charge >= 0.3 is 5.97 Å². The van der Waals surface area contributed by atoms with E-state index in [0.717, 1.165) is 38.9 Å². The van der Waals surface area contributed by atoms with E-state index in [-0.39, 0.29) is 11.9 Å². The molecule has 0 aromatic carbocycles. The monoisotopic (exact) mass is 242 g/mol. The van der Waals surface area contributed by atoms with Crippen LogP contribution in [0.2, 0.25) is 0 Å². The Morgan fingerprint density at radius 1 is 1.35 bits per heavy atom. The van der Waals surface area contributed by atoms with Crippen LogP contribution < -0.4 is 0 Å². The van der Waals surface area contributed by atoms with Gasteiger partial charge in [-0.05, 0) is 25.8 Å². The van der Waals surface area contributed by atoms with E-state index in [1.807, 2.05) is 0 Å². The molecule has 0 unspecified atom stereocenters. The lowest BCUT2D eigenvalue weighted by Crippen LogP contribution is -2.46. The number of hydrogen-bond acceptors (Lipinski definition) is 3. The van der Waals surface area contributed by atoms with E-state index in [1.165, 1.54) is 0 Å². The molecule has 0 atom stereocenters. The van der Waals surface area contributed by atoms with Crippen molar-refractivity contribution in [2.45, 2.75) is 38.6 Å². The van der Waals surface area contributed by atoms with Crippen LogP contribution in [0.3, 0.4) is 0 Å². The molecule has 5 nitrogen and oxygen atoms in total. The predicted molar refractivity (Wildman–Crippen MR) is 64.8 cm³/mol. The minimum atomic E-state index is -1.05. The van der Waals surface area contributed by atoms with Crippen LogP contribution in [-0.2, 0) is 9.59 Å². The van der Waals surface area contributed by atoms with Crippen LogP contribution in [0.5, 0.6) is 0 Å². The molecular formula is C12H22N2O3. The maximum absolute atomic E-state index is 11.6. The van der Waals surface area contributed by atoms with E-state index in [4.69, 9.17) is 5.11 Å².